The Morgan fingerprint density at radius 1 is 0.684 bits per heavy atom. The van der Waals surface area contributed by atoms with Crippen molar-refractivity contribution in [3.05, 3.63) is 125 Å². The van der Waals surface area contributed by atoms with E-state index in [-0.39, 0.29) is 266 Å². The predicted octanol–water partition coefficient (Wildman–Crippen LogP) is 10.2. The van der Waals surface area contributed by atoms with Crippen LogP contribution < -0.4 is 9.47 Å². The van der Waals surface area contributed by atoms with Gasteiger partial charge in [-0.15, -0.1) is 0 Å². The molecule has 3 aromatic rings. The molecule has 0 bridgehead atoms. The fraction of sp³-hybridized carbons (Fsp3) is 0.607. The molecule has 76 heavy (non-hydrogen) atoms. The van der Waals surface area contributed by atoms with Crippen LogP contribution in [0.2, 0.25) is 0 Å². The van der Waals surface area contributed by atoms with E-state index in [1.54, 1.807) is 6.08 Å². The largest absolute Gasteiger partial charge is 0.493 e. The van der Waals surface area contributed by atoms with E-state index in [9.17, 15) is 25.5 Å². The van der Waals surface area contributed by atoms with Gasteiger partial charge in [0.15, 0.2) is 0 Å². The molecule has 1 aromatic heterocycles. The number of imidazole rings is 1. The van der Waals surface area contributed by atoms with Crippen LogP contribution in [-0.4, -0.2) is 103 Å². The quantitative estimate of drug-likeness (QED) is 0.0614. The first-order valence-corrected chi connectivity index (χ1v) is 24.9. The van der Waals surface area contributed by atoms with Gasteiger partial charge in [-0.05, 0) is 86.6 Å². The van der Waals surface area contributed by atoms with E-state index in [2.05, 4.69) is 90.9 Å². The summed E-state index contributed by atoms with van der Waals surface area (Å²) in [6.45, 7) is 35.8. The molecule has 4 radical (unpaired) electrons. The van der Waals surface area contributed by atoms with Gasteiger partial charge >= 0.3 is 0 Å². The second-order valence-electron chi connectivity index (χ2n) is 17.7. The van der Waals surface area contributed by atoms with Gasteiger partial charge in [-0.25, -0.2) is 24.1 Å². The molecule has 426 valence electrons. The van der Waals surface area contributed by atoms with E-state index in [1.807, 2.05) is 68.8 Å². The van der Waals surface area contributed by atoms with Crippen molar-refractivity contribution in [1.82, 2.24) is 9.55 Å². The zero-order valence-corrected chi connectivity index (χ0v) is 72.8. The molecule has 0 spiro atoms. The van der Waals surface area contributed by atoms with Crippen LogP contribution in [0.4, 0.5) is 0 Å². The minimum absolute atomic E-state index is 0. The van der Waals surface area contributed by atoms with Crippen molar-refractivity contribution in [2.45, 2.75) is 205 Å². The normalized spacial score (nSPS) is 19.9. The molecule has 1 unspecified atom stereocenters. The second kappa shape index (κ2) is 61.1. The first kappa shape index (κ1) is 99.5. The summed E-state index contributed by atoms with van der Waals surface area (Å²) in [6, 6.07) is 16.0. The Bertz CT molecular complexity index is 1730. The number of aromatic nitrogens is 2. The van der Waals surface area contributed by atoms with E-state index in [0.717, 1.165) is 94.4 Å². The third-order valence-electron chi connectivity index (χ3n) is 11.6. The number of aliphatic hydroxyl groups excluding tert-OH is 5. The smallest absolute Gasteiger partial charge is 0.122 e. The van der Waals surface area contributed by atoms with Crippen LogP contribution in [0.25, 0.3) is 0 Å². The van der Waals surface area contributed by atoms with E-state index in [1.165, 1.54) is 24.1 Å². The molecule has 0 aliphatic carbocycles. The summed E-state index contributed by atoms with van der Waals surface area (Å²) in [7, 11) is 0. The van der Waals surface area contributed by atoms with Gasteiger partial charge in [0.05, 0.1) is 44.0 Å². The van der Waals surface area contributed by atoms with Crippen molar-refractivity contribution in [1.29, 1.82) is 0 Å². The maximum absolute atomic E-state index is 9.59. The van der Waals surface area contributed by atoms with Crippen LogP contribution in [-0.2, 0) is 270 Å². The van der Waals surface area contributed by atoms with Crippen molar-refractivity contribution in [3.8, 4) is 11.5 Å². The molecule has 2 aliphatic rings. The van der Waals surface area contributed by atoms with Crippen LogP contribution in [0.1, 0.15) is 142 Å². The number of nitrogens with zero attached hydrogens (tertiary/aromatic N) is 2. The Balaban J connectivity index is -0.000000103. The van der Waals surface area contributed by atoms with Crippen molar-refractivity contribution in [2.24, 2.45) is 0 Å². The fourth-order valence-electron chi connectivity index (χ4n) is 7.40. The topological polar surface area (TPSA) is 156 Å². The molecule has 9 atom stereocenters. The molecule has 2 aromatic carbocycles. The number of aliphatic hydroxyl groups is 5. The molecule has 11 nitrogen and oxygen atoms in total. The standard InChI is InChI=1S/C14H21O.C12H17O2.C10H17N2.C10H19O3.C10H17O3.5W.4Y/c1-5-11-15-13-10-8-7-9-12(13)14(3,4)6-2;1-3-8-14-12-7-5-4-6-11(12)9-10(2)13;1-3-5-6-10-8-11-9-12(10)7-4-2;2*1-3-5-6-8-10(12)9(11)7(4-2)13-8;;;;;;;;;/h7-10H,2,5-6,11H2,1,3-4H3;4-7,10,13H,2-3,8-9H2,1H3;8-9H,2-7H2,1H3;7-12H,1,3-6H2,2H3;3,5,7-12H,1,4,6H2,2H3;;;;;;;;;/q5*-1;;;;;;;;;/t;;;2*7-,8+,9-,10+;;;;;;;;;/m...11........./s1. The van der Waals surface area contributed by atoms with E-state index in [0.29, 0.717) is 19.4 Å². The molecule has 0 amide bonds. The van der Waals surface area contributed by atoms with Crippen LogP contribution in [0.5, 0.6) is 11.5 Å². The molecule has 5 rings (SSSR count). The molecular formula is C56H91N2O9W5Y4-5. The van der Waals surface area contributed by atoms with Gasteiger partial charge in [-0.2, -0.15) is 19.3 Å². The average molecular weight is 2210 g/mol. The summed E-state index contributed by atoms with van der Waals surface area (Å²) >= 11 is 0. The Kier molecular flexibility index (Phi) is 80.0. The van der Waals surface area contributed by atoms with Gasteiger partial charge in [0, 0.05) is 248 Å². The van der Waals surface area contributed by atoms with Gasteiger partial charge < -0.3 is 76.7 Å². The fourth-order valence-corrected chi connectivity index (χ4v) is 7.40. The third-order valence-corrected chi connectivity index (χ3v) is 11.6. The number of ether oxygens (including phenoxy) is 4. The monoisotopic (exact) mass is 2210 g/mol. The minimum Gasteiger partial charge on any atom is -0.493 e. The summed E-state index contributed by atoms with van der Waals surface area (Å²) in [4.78, 5) is 4.13. The summed E-state index contributed by atoms with van der Waals surface area (Å²) in [5.41, 5.74) is 3.71. The number of allylic oxidation sites excluding steroid dienone is 1. The summed E-state index contributed by atoms with van der Waals surface area (Å²) < 4.78 is 24.5. The molecule has 20 heteroatoms. The van der Waals surface area contributed by atoms with Crippen molar-refractivity contribution in [2.75, 3.05) is 13.2 Å². The maximum atomic E-state index is 9.59. The van der Waals surface area contributed by atoms with E-state index in [4.69, 9.17) is 18.9 Å². The first-order chi connectivity index (χ1) is 32.1. The molecule has 5 N–H and O–H groups in total. The van der Waals surface area contributed by atoms with Crippen LogP contribution in [0.15, 0.2) is 73.2 Å². The molecule has 2 saturated heterocycles. The Morgan fingerprint density at radius 2 is 1.17 bits per heavy atom. The van der Waals surface area contributed by atoms with Gasteiger partial charge in [0.2, 0.25) is 0 Å². The van der Waals surface area contributed by atoms with Crippen molar-refractivity contribution >= 4 is 0 Å². The SMILES string of the molecule is [CH2-]C(O)Cc1ccccc1OCCC.[CH2-]C=CC[C@@H]1O[C@H](CC)[C@@H](O)[C@H]1O.[CH2-]CC(C)(C)c1ccccc1OCCC.[CH2-]CCC[C@@H]1O[C@H](CC)[C@@H](O)[C@H]1O.[CH2-]CCn1cncc1CCCC.[W].[W].[W].[W].[W].[Y].[Y].[Y].[Y]. The number of hydrogen-bond donors (Lipinski definition) is 5. The average Bonchev–Trinajstić information content (AvgIpc) is 3.99. The Labute approximate surface area is 634 Å². The van der Waals surface area contributed by atoms with Crippen molar-refractivity contribution in [3.63, 3.8) is 0 Å². The first-order valence-electron chi connectivity index (χ1n) is 24.9. The van der Waals surface area contributed by atoms with Gasteiger partial charge in [0.25, 0.3) is 0 Å². The number of rotatable bonds is 22. The number of unbranched alkanes of at least 4 members (excludes halogenated alkanes) is 2. The van der Waals surface area contributed by atoms with Crippen molar-refractivity contribution < 1.29 is 281 Å². The summed E-state index contributed by atoms with van der Waals surface area (Å²) in [5, 5.41) is 47.4. The van der Waals surface area contributed by atoms with Crippen LogP contribution in [0, 0.1) is 34.6 Å². The van der Waals surface area contributed by atoms with E-state index >= 15 is 0 Å². The second-order valence-corrected chi connectivity index (χ2v) is 17.7. The number of para-hydroxylation sites is 2. The molecule has 2 aliphatic heterocycles. The Hall–Kier alpha value is 4.44. The summed E-state index contributed by atoms with van der Waals surface area (Å²) in [6.07, 6.45) is 15.7. The van der Waals surface area contributed by atoms with E-state index < -0.39 is 30.5 Å². The van der Waals surface area contributed by atoms with Gasteiger partial charge in [-0.3, -0.25) is 0 Å². The van der Waals surface area contributed by atoms with Crippen LogP contribution >= 0.6 is 0 Å². The minimum atomic E-state index is -0.763. The van der Waals surface area contributed by atoms with Gasteiger partial charge in [0.1, 0.15) is 35.9 Å². The molecule has 3 heterocycles. The number of benzene rings is 2. The molecule has 0 saturated carbocycles. The van der Waals surface area contributed by atoms with Crippen LogP contribution in [0.3, 0.4) is 0 Å². The zero-order valence-electron chi connectivity index (χ0n) is 46.8. The predicted molar refractivity (Wildman–Crippen MR) is 274 cm³/mol. The van der Waals surface area contributed by atoms with Gasteiger partial charge in [-0.1, -0.05) is 110 Å². The maximum Gasteiger partial charge on any atom is 0.122 e. The third kappa shape index (κ3) is 40.0. The number of aryl methyl sites for hydroxylation is 2. The summed E-state index contributed by atoms with van der Waals surface area (Å²) in [5.74, 6) is 1.87. The molecule has 2 fully saturated rings. The zero-order chi connectivity index (χ0) is 50.2. The number of hydrogen-bond acceptors (Lipinski definition) is 10. The Morgan fingerprint density at radius 3 is 1.63 bits per heavy atom. The molecular weight excluding hydrogens is 2120 g/mol.